The SMILES string of the molecule is Cl.NCC1CCC(c2nc(C(F)(F)F)no2)CC1. The van der Waals surface area contributed by atoms with Crippen molar-refractivity contribution in [3.8, 4) is 0 Å². The van der Waals surface area contributed by atoms with Gasteiger partial charge in [-0.1, -0.05) is 5.16 Å². The van der Waals surface area contributed by atoms with Crippen LogP contribution < -0.4 is 5.73 Å². The maximum absolute atomic E-state index is 12.3. The quantitative estimate of drug-likeness (QED) is 0.907. The second kappa shape index (κ2) is 5.88. The second-order valence-corrected chi connectivity index (χ2v) is 4.41. The van der Waals surface area contributed by atoms with Crippen LogP contribution in [0.3, 0.4) is 0 Å². The van der Waals surface area contributed by atoms with Crippen LogP contribution in [-0.2, 0) is 6.18 Å². The number of rotatable bonds is 2. The normalized spacial score (nSPS) is 24.7. The summed E-state index contributed by atoms with van der Waals surface area (Å²) in [7, 11) is 0. The van der Waals surface area contributed by atoms with Gasteiger partial charge in [0.15, 0.2) is 0 Å². The van der Waals surface area contributed by atoms with Gasteiger partial charge in [-0.3, -0.25) is 0 Å². The Morgan fingerprint density at radius 1 is 1.22 bits per heavy atom. The van der Waals surface area contributed by atoms with E-state index in [0.29, 0.717) is 12.5 Å². The minimum absolute atomic E-state index is 0. The van der Waals surface area contributed by atoms with Crippen LogP contribution in [0.5, 0.6) is 0 Å². The lowest BCUT2D eigenvalue weighted by molar-refractivity contribution is -0.146. The molecular formula is C10H15ClF3N3O. The van der Waals surface area contributed by atoms with Crippen molar-refractivity contribution in [2.24, 2.45) is 11.7 Å². The molecule has 1 aliphatic rings. The van der Waals surface area contributed by atoms with Gasteiger partial charge in [0.2, 0.25) is 5.89 Å². The molecule has 1 aliphatic carbocycles. The van der Waals surface area contributed by atoms with Gasteiger partial charge in [-0.2, -0.15) is 18.2 Å². The highest BCUT2D eigenvalue weighted by Gasteiger charge is 2.38. The van der Waals surface area contributed by atoms with Gasteiger partial charge in [0.1, 0.15) is 0 Å². The van der Waals surface area contributed by atoms with E-state index >= 15 is 0 Å². The fraction of sp³-hybridized carbons (Fsp3) is 0.800. The summed E-state index contributed by atoms with van der Waals surface area (Å²) in [4.78, 5) is 3.42. The Balaban J connectivity index is 0.00000162. The summed E-state index contributed by atoms with van der Waals surface area (Å²) in [5, 5.41) is 2.97. The van der Waals surface area contributed by atoms with Gasteiger partial charge in [0, 0.05) is 5.92 Å². The maximum Gasteiger partial charge on any atom is 0.455 e. The Kier molecular flexibility index (Phi) is 4.98. The fourth-order valence-corrected chi connectivity index (χ4v) is 2.16. The van der Waals surface area contributed by atoms with Crippen molar-refractivity contribution in [1.82, 2.24) is 10.1 Å². The van der Waals surface area contributed by atoms with Crippen LogP contribution in [-0.4, -0.2) is 16.7 Å². The average Bonchev–Trinajstić information content (AvgIpc) is 2.78. The number of nitrogens with two attached hydrogens (primary N) is 1. The van der Waals surface area contributed by atoms with Crippen LogP contribution in [0.1, 0.15) is 43.3 Å². The monoisotopic (exact) mass is 285 g/mol. The molecule has 0 aromatic carbocycles. The van der Waals surface area contributed by atoms with Crippen molar-refractivity contribution in [2.45, 2.75) is 37.8 Å². The molecule has 1 heterocycles. The molecule has 8 heteroatoms. The van der Waals surface area contributed by atoms with E-state index in [1.54, 1.807) is 0 Å². The zero-order chi connectivity index (χ0) is 12.5. The van der Waals surface area contributed by atoms with E-state index in [1.807, 2.05) is 0 Å². The average molecular weight is 286 g/mol. The van der Waals surface area contributed by atoms with Crippen LogP contribution in [0, 0.1) is 5.92 Å². The molecule has 0 radical (unpaired) electrons. The van der Waals surface area contributed by atoms with Gasteiger partial charge in [0.25, 0.3) is 5.82 Å². The van der Waals surface area contributed by atoms with E-state index in [4.69, 9.17) is 5.73 Å². The van der Waals surface area contributed by atoms with Crippen LogP contribution in [0.25, 0.3) is 0 Å². The first-order valence-electron chi connectivity index (χ1n) is 5.61. The molecule has 0 aliphatic heterocycles. The highest BCUT2D eigenvalue weighted by atomic mass is 35.5. The van der Waals surface area contributed by atoms with Gasteiger partial charge in [0.05, 0.1) is 0 Å². The lowest BCUT2D eigenvalue weighted by Gasteiger charge is -2.24. The third-order valence-corrected chi connectivity index (χ3v) is 3.22. The summed E-state index contributed by atoms with van der Waals surface area (Å²) in [6.07, 6.45) is -1.19. The molecule has 0 amide bonds. The van der Waals surface area contributed by atoms with Gasteiger partial charge in [-0.25, -0.2) is 0 Å². The van der Waals surface area contributed by atoms with Crippen LogP contribution in [0.2, 0.25) is 0 Å². The summed E-state index contributed by atoms with van der Waals surface area (Å²) in [6, 6.07) is 0. The van der Waals surface area contributed by atoms with Gasteiger partial charge in [-0.15, -0.1) is 12.4 Å². The molecule has 1 aromatic rings. The second-order valence-electron chi connectivity index (χ2n) is 4.41. The summed E-state index contributed by atoms with van der Waals surface area (Å²) in [6.45, 7) is 0.629. The molecule has 0 saturated heterocycles. The zero-order valence-corrected chi connectivity index (χ0v) is 10.4. The predicted molar refractivity (Wildman–Crippen MR) is 60.3 cm³/mol. The molecule has 1 aromatic heterocycles. The van der Waals surface area contributed by atoms with E-state index in [2.05, 4.69) is 14.7 Å². The number of halogens is 4. The fourth-order valence-electron chi connectivity index (χ4n) is 2.16. The first kappa shape index (κ1) is 15.2. The van der Waals surface area contributed by atoms with E-state index in [-0.39, 0.29) is 24.2 Å². The molecule has 1 saturated carbocycles. The topological polar surface area (TPSA) is 64.9 Å². The van der Waals surface area contributed by atoms with Gasteiger partial charge in [-0.05, 0) is 38.1 Å². The summed E-state index contributed by atoms with van der Waals surface area (Å²) in [5.74, 6) is -0.668. The van der Waals surface area contributed by atoms with E-state index in [0.717, 1.165) is 25.7 Å². The molecule has 0 unspecified atom stereocenters. The standard InChI is InChI=1S/C10H14F3N3O.ClH/c11-10(12,13)9-15-8(17-16-9)7-3-1-6(5-14)2-4-7;/h6-7H,1-5,14H2;1H. The van der Waals surface area contributed by atoms with Crippen LogP contribution in [0.4, 0.5) is 13.2 Å². The Bertz CT molecular complexity index is 375. The Hall–Kier alpha value is -0.820. The van der Waals surface area contributed by atoms with Gasteiger partial charge < -0.3 is 10.3 Å². The largest absolute Gasteiger partial charge is 0.455 e. The summed E-state index contributed by atoms with van der Waals surface area (Å²) in [5.41, 5.74) is 5.55. The Morgan fingerprint density at radius 3 is 2.28 bits per heavy atom. The van der Waals surface area contributed by atoms with E-state index in [9.17, 15) is 13.2 Å². The number of alkyl halides is 3. The van der Waals surface area contributed by atoms with Crippen LogP contribution in [0.15, 0.2) is 4.52 Å². The number of hydrogen-bond acceptors (Lipinski definition) is 4. The summed E-state index contributed by atoms with van der Waals surface area (Å²) >= 11 is 0. The third kappa shape index (κ3) is 3.35. The maximum atomic E-state index is 12.3. The lowest BCUT2D eigenvalue weighted by atomic mass is 9.82. The smallest absolute Gasteiger partial charge is 0.339 e. The predicted octanol–water partition coefficient (Wildman–Crippen LogP) is 2.74. The highest BCUT2D eigenvalue weighted by molar-refractivity contribution is 5.85. The minimum atomic E-state index is -4.53. The van der Waals surface area contributed by atoms with Crippen molar-refractivity contribution in [3.05, 3.63) is 11.7 Å². The van der Waals surface area contributed by atoms with E-state index < -0.39 is 12.0 Å². The van der Waals surface area contributed by atoms with Crippen LogP contribution >= 0.6 is 12.4 Å². The van der Waals surface area contributed by atoms with Crippen molar-refractivity contribution in [3.63, 3.8) is 0 Å². The molecule has 0 atom stereocenters. The first-order chi connectivity index (χ1) is 8.00. The molecule has 104 valence electrons. The van der Waals surface area contributed by atoms with Crippen molar-refractivity contribution in [2.75, 3.05) is 6.54 Å². The lowest BCUT2D eigenvalue weighted by Crippen LogP contribution is -2.20. The Morgan fingerprint density at radius 2 is 1.83 bits per heavy atom. The minimum Gasteiger partial charge on any atom is -0.339 e. The number of nitrogens with zero attached hydrogens (tertiary/aromatic N) is 2. The van der Waals surface area contributed by atoms with Crippen molar-refractivity contribution in [1.29, 1.82) is 0 Å². The molecule has 2 rings (SSSR count). The molecule has 18 heavy (non-hydrogen) atoms. The number of aromatic nitrogens is 2. The highest BCUT2D eigenvalue weighted by Crippen LogP contribution is 2.36. The Labute approximate surface area is 109 Å². The third-order valence-electron chi connectivity index (χ3n) is 3.22. The molecule has 0 bridgehead atoms. The molecular weight excluding hydrogens is 271 g/mol. The van der Waals surface area contributed by atoms with E-state index in [1.165, 1.54) is 0 Å². The van der Waals surface area contributed by atoms with Crippen molar-refractivity contribution < 1.29 is 17.7 Å². The molecule has 1 fully saturated rings. The molecule has 0 spiro atoms. The summed E-state index contributed by atoms with van der Waals surface area (Å²) < 4.78 is 41.5. The zero-order valence-electron chi connectivity index (χ0n) is 9.61. The molecule has 4 nitrogen and oxygen atoms in total. The molecule has 2 N–H and O–H groups in total. The number of hydrogen-bond donors (Lipinski definition) is 1. The van der Waals surface area contributed by atoms with Gasteiger partial charge >= 0.3 is 6.18 Å². The van der Waals surface area contributed by atoms with Crippen molar-refractivity contribution >= 4 is 12.4 Å². The first-order valence-corrected chi connectivity index (χ1v) is 5.61.